The Hall–Kier alpha value is -2.93. The number of hydrogen-bond donors (Lipinski definition) is 2. The fourth-order valence-corrected chi connectivity index (χ4v) is 4.26. The third kappa shape index (κ3) is 2.27. The van der Waals surface area contributed by atoms with Crippen LogP contribution in [0.15, 0.2) is 29.1 Å². The van der Waals surface area contributed by atoms with Crippen LogP contribution in [0.2, 0.25) is 0 Å². The zero-order chi connectivity index (χ0) is 17.7. The van der Waals surface area contributed by atoms with Crippen molar-refractivity contribution >= 4 is 37.6 Å². The Morgan fingerprint density at radius 2 is 1.92 bits per heavy atom. The number of benzene rings is 1. The predicted molar refractivity (Wildman–Crippen MR) is 98.8 cm³/mol. The second kappa shape index (κ2) is 5.56. The van der Waals surface area contributed by atoms with Crippen LogP contribution in [-0.2, 0) is 0 Å². The van der Waals surface area contributed by atoms with Crippen LogP contribution < -0.4 is 10.3 Å². The van der Waals surface area contributed by atoms with Crippen LogP contribution in [0.25, 0.3) is 31.6 Å². The number of carbonyl (C=O) groups excluding carboxylic acids is 1. The number of carbonyl (C=O) groups is 1. The Kier molecular flexibility index (Phi) is 3.47. The Morgan fingerprint density at radius 3 is 2.56 bits per heavy atom. The van der Waals surface area contributed by atoms with Crippen LogP contribution in [0.4, 0.5) is 0 Å². The summed E-state index contributed by atoms with van der Waals surface area (Å²) >= 11 is 1.32. The van der Waals surface area contributed by atoms with E-state index >= 15 is 0 Å². The fourth-order valence-electron chi connectivity index (χ4n) is 3.18. The smallest absolute Gasteiger partial charge is 0.281 e. The number of ether oxygens (including phenoxy) is 1. The summed E-state index contributed by atoms with van der Waals surface area (Å²) in [4.78, 5) is 29.6. The van der Waals surface area contributed by atoms with Gasteiger partial charge in [-0.25, -0.2) is 4.98 Å². The van der Waals surface area contributed by atoms with Crippen molar-refractivity contribution in [2.45, 2.75) is 13.8 Å². The van der Waals surface area contributed by atoms with Gasteiger partial charge >= 0.3 is 0 Å². The standard InChI is InChI=1S/C18H15N3O3S/c1-8-12(9(2)22)13(10-4-6-11(24-3)7-5-10)14-15-16(17(23)21-20-15)25-18(14)19-8/h4-7H,1-3H3,(H2,20,21,23). The molecule has 3 heterocycles. The summed E-state index contributed by atoms with van der Waals surface area (Å²) in [6.07, 6.45) is 0. The first-order valence-corrected chi connectivity index (χ1v) is 8.51. The molecule has 0 aliphatic rings. The number of H-pyrrole nitrogens is 2. The Labute approximate surface area is 146 Å². The van der Waals surface area contributed by atoms with Crippen molar-refractivity contribution in [3.63, 3.8) is 0 Å². The van der Waals surface area contributed by atoms with Crippen LogP contribution in [0.1, 0.15) is 23.0 Å². The normalized spacial score (nSPS) is 11.3. The maximum Gasteiger partial charge on any atom is 0.281 e. The molecule has 0 fully saturated rings. The number of aromatic nitrogens is 3. The molecule has 7 heteroatoms. The monoisotopic (exact) mass is 353 g/mol. The second-order valence-electron chi connectivity index (χ2n) is 5.80. The highest BCUT2D eigenvalue weighted by Crippen LogP contribution is 2.40. The van der Waals surface area contributed by atoms with E-state index in [-0.39, 0.29) is 11.3 Å². The van der Waals surface area contributed by atoms with Crippen molar-refractivity contribution in [1.82, 2.24) is 15.2 Å². The molecular weight excluding hydrogens is 338 g/mol. The van der Waals surface area contributed by atoms with E-state index < -0.39 is 0 Å². The summed E-state index contributed by atoms with van der Waals surface area (Å²) < 4.78 is 5.80. The molecule has 2 N–H and O–H groups in total. The molecule has 4 aromatic rings. The van der Waals surface area contributed by atoms with Crippen molar-refractivity contribution in [2.75, 3.05) is 7.11 Å². The molecule has 4 rings (SSSR count). The Bertz CT molecular complexity index is 1180. The molecule has 6 nitrogen and oxygen atoms in total. The highest BCUT2D eigenvalue weighted by Gasteiger charge is 2.22. The van der Waals surface area contributed by atoms with Crippen LogP contribution in [0.3, 0.4) is 0 Å². The summed E-state index contributed by atoms with van der Waals surface area (Å²) in [7, 11) is 1.61. The number of methoxy groups -OCH3 is 1. The SMILES string of the molecule is COc1ccc(-c2c(C(C)=O)c(C)nc3sc4c(=O)[nH][nH]c4c23)cc1. The number of nitrogens with zero attached hydrogens (tertiary/aromatic N) is 1. The Morgan fingerprint density at radius 1 is 1.20 bits per heavy atom. The number of pyridine rings is 1. The van der Waals surface area contributed by atoms with Gasteiger partial charge in [-0.15, -0.1) is 11.3 Å². The lowest BCUT2D eigenvalue weighted by Crippen LogP contribution is -2.03. The third-order valence-corrected chi connectivity index (χ3v) is 5.34. The first-order valence-electron chi connectivity index (χ1n) is 7.70. The summed E-state index contributed by atoms with van der Waals surface area (Å²) in [6, 6.07) is 7.52. The van der Waals surface area contributed by atoms with E-state index in [9.17, 15) is 9.59 Å². The van der Waals surface area contributed by atoms with Crippen molar-refractivity contribution in [2.24, 2.45) is 0 Å². The summed E-state index contributed by atoms with van der Waals surface area (Å²) in [6.45, 7) is 3.35. The van der Waals surface area contributed by atoms with Crippen molar-refractivity contribution in [3.8, 4) is 16.9 Å². The van der Waals surface area contributed by atoms with Gasteiger partial charge in [0, 0.05) is 16.5 Å². The molecule has 0 spiro atoms. The molecule has 0 saturated carbocycles. The van der Waals surface area contributed by atoms with Gasteiger partial charge in [0.25, 0.3) is 5.56 Å². The third-order valence-electron chi connectivity index (χ3n) is 4.26. The molecule has 1 aromatic carbocycles. The molecule has 0 bridgehead atoms. The molecule has 3 aromatic heterocycles. The number of rotatable bonds is 3. The van der Waals surface area contributed by atoms with Crippen LogP contribution in [0, 0.1) is 6.92 Å². The molecule has 25 heavy (non-hydrogen) atoms. The largest absolute Gasteiger partial charge is 0.497 e. The van der Waals surface area contributed by atoms with Gasteiger partial charge in [0.05, 0.1) is 18.3 Å². The average molecular weight is 353 g/mol. The van der Waals surface area contributed by atoms with Crippen molar-refractivity contribution in [3.05, 3.63) is 45.9 Å². The minimum absolute atomic E-state index is 0.0602. The first-order chi connectivity index (χ1) is 12.0. The number of nitrogens with one attached hydrogen (secondary N) is 2. The van der Waals surface area contributed by atoms with E-state index in [4.69, 9.17) is 4.74 Å². The predicted octanol–water partition coefficient (Wildman–Crippen LogP) is 3.65. The van der Waals surface area contributed by atoms with Crippen LogP contribution in [-0.4, -0.2) is 28.1 Å². The second-order valence-corrected chi connectivity index (χ2v) is 6.80. The number of aromatic amines is 2. The van der Waals surface area contributed by atoms with Gasteiger partial charge in [0.15, 0.2) is 5.78 Å². The molecule has 0 atom stereocenters. The number of Topliss-reactive ketones (excluding diaryl/α,β-unsaturated/α-hetero) is 1. The molecule has 0 amide bonds. The zero-order valence-corrected chi connectivity index (χ0v) is 14.7. The molecule has 0 unspecified atom stereocenters. The molecule has 0 aliphatic carbocycles. The lowest BCUT2D eigenvalue weighted by atomic mass is 9.94. The van der Waals surface area contributed by atoms with Gasteiger partial charge in [-0.05, 0) is 31.5 Å². The van der Waals surface area contributed by atoms with Crippen molar-refractivity contribution in [1.29, 1.82) is 0 Å². The molecule has 0 saturated heterocycles. The number of aryl methyl sites for hydroxylation is 1. The highest BCUT2D eigenvalue weighted by atomic mass is 32.1. The molecule has 0 radical (unpaired) electrons. The maximum absolute atomic E-state index is 12.3. The lowest BCUT2D eigenvalue weighted by molar-refractivity contribution is 0.101. The van der Waals surface area contributed by atoms with Gasteiger partial charge in [-0.2, -0.15) is 0 Å². The number of fused-ring (bicyclic) bond motifs is 3. The Balaban J connectivity index is 2.19. The first kappa shape index (κ1) is 15.6. The average Bonchev–Trinajstić information content (AvgIpc) is 3.13. The summed E-state index contributed by atoms with van der Waals surface area (Å²) in [5.74, 6) is 0.676. The topological polar surface area (TPSA) is 87.8 Å². The minimum atomic E-state index is -0.180. The lowest BCUT2D eigenvalue weighted by Gasteiger charge is -2.12. The van der Waals surface area contributed by atoms with Crippen molar-refractivity contribution < 1.29 is 9.53 Å². The van der Waals surface area contributed by atoms with Gasteiger partial charge < -0.3 is 4.74 Å². The van der Waals surface area contributed by atoms with E-state index in [1.807, 2.05) is 31.2 Å². The van der Waals surface area contributed by atoms with Gasteiger partial charge in [0.1, 0.15) is 15.3 Å². The van der Waals surface area contributed by atoms with E-state index in [0.29, 0.717) is 21.5 Å². The van der Waals surface area contributed by atoms with Crippen LogP contribution in [0.5, 0.6) is 5.75 Å². The van der Waals surface area contributed by atoms with E-state index in [0.717, 1.165) is 27.1 Å². The molecule has 0 aliphatic heterocycles. The van der Waals surface area contributed by atoms with Gasteiger partial charge in [-0.1, -0.05) is 12.1 Å². The van der Waals surface area contributed by atoms with E-state index in [2.05, 4.69) is 15.2 Å². The minimum Gasteiger partial charge on any atom is -0.497 e. The summed E-state index contributed by atoms with van der Waals surface area (Å²) in [5.41, 5.74) is 3.40. The zero-order valence-electron chi connectivity index (χ0n) is 13.9. The summed E-state index contributed by atoms with van der Waals surface area (Å²) in [5, 5.41) is 6.32. The quantitative estimate of drug-likeness (QED) is 0.550. The van der Waals surface area contributed by atoms with E-state index in [1.165, 1.54) is 18.3 Å². The van der Waals surface area contributed by atoms with E-state index in [1.54, 1.807) is 7.11 Å². The van der Waals surface area contributed by atoms with Gasteiger partial charge in [-0.3, -0.25) is 19.8 Å². The maximum atomic E-state index is 12.3. The fraction of sp³-hybridized carbons (Fsp3) is 0.167. The highest BCUT2D eigenvalue weighted by molar-refractivity contribution is 7.25. The van der Waals surface area contributed by atoms with Gasteiger partial charge in [0.2, 0.25) is 0 Å². The number of ketones is 1. The number of hydrogen-bond acceptors (Lipinski definition) is 5. The molecular formula is C18H15N3O3S. The number of thiophene rings is 1. The molecule has 126 valence electrons. The van der Waals surface area contributed by atoms with Crippen LogP contribution >= 0.6 is 11.3 Å².